The van der Waals surface area contributed by atoms with E-state index in [0.717, 1.165) is 21.8 Å². The summed E-state index contributed by atoms with van der Waals surface area (Å²) in [5.74, 6) is 0. The summed E-state index contributed by atoms with van der Waals surface area (Å²) >= 11 is 0. The van der Waals surface area contributed by atoms with Crippen LogP contribution in [0.4, 0.5) is 0 Å². The number of hydrogen-bond acceptors (Lipinski definition) is 1. The maximum Gasteiger partial charge on any atom is 0.135 e. The second kappa shape index (κ2) is 3.18. The van der Waals surface area contributed by atoms with Crippen LogP contribution in [0.3, 0.4) is 0 Å². The molecule has 0 saturated carbocycles. The number of fused-ring (bicyclic) bond motifs is 1. The molecule has 2 rings (SSSR count). The van der Waals surface area contributed by atoms with E-state index in [0.29, 0.717) is 5.42 Å². The van der Waals surface area contributed by atoms with Crippen molar-refractivity contribution in [2.45, 2.75) is 6.92 Å². The zero-order valence-electron chi connectivity index (χ0n) is 8.21. The average molecular weight is 184 g/mol. The first-order valence-electron chi connectivity index (χ1n) is 4.54. The summed E-state index contributed by atoms with van der Waals surface area (Å²) in [6, 6.07) is 7.94. The molecule has 0 spiro atoms. The van der Waals surface area contributed by atoms with Crippen LogP contribution in [0, 0.1) is 0 Å². The van der Waals surface area contributed by atoms with Crippen LogP contribution in [0.1, 0.15) is 6.92 Å². The van der Waals surface area contributed by atoms with Gasteiger partial charge in [-0.3, -0.25) is 0 Å². The van der Waals surface area contributed by atoms with Gasteiger partial charge in [0.1, 0.15) is 11.0 Å². The zero-order chi connectivity index (χ0) is 10.1. The molecule has 1 nitrogen and oxygen atoms in total. The van der Waals surface area contributed by atoms with Crippen LogP contribution in [0.2, 0.25) is 0 Å². The highest BCUT2D eigenvalue weighted by Gasteiger charge is 2.01. The van der Waals surface area contributed by atoms with Crippen LogP contribution in [-0.4, -0.2) is 0 Å². The minimum atomic E-state index is 0.712. The Bertz CT molecular complexity index is 587. The lowest BCUT2D eigenvalue weighted by atomic mass is 10.1. The van der Waals surface area contributed by atoms with Crippen molar-refractivity contribution in [3.05, 3.63) is 47.6 Å². The minimum absolute atomic E-state index is 0.712. The monoisotopic (exact) mass is 184 g/mol. The maximum absolute atomic E-state index is 5.54. The Labute approximate surface area is 82.7 Å². The topological polar surface area (TPSA) is 13.1 Å². The lowest BCUT2D eigenvalue weighted by Gasteiger charge is -1.88. The third kappa shape index (κ3) is 1.18. The molecule has 0 unspecified atom stereocenters. The Hall–Kier alpha value is -1.76. The summed E-state index contributed by atoms with van der Waals surface area (Å²) in [4.78, 5) is 0. The Balaban J connectivity index is 3.10. The van der Waals surface area contributed by atoms with E-state index in [4.69, 9.17) is 4.42 Å². The molecule has 0 aliphatic carbocycles. The van der Waals surface area contributed by atoms with Gasteiger partial charge in [-0.05, 0) is 18.6 Å². The largest absolute Gasteiger partial charge is 0.457 e. The molecule has 0 fully saturated rings. The SMILES string of the molecule is C=C/C(C)=c1\c(=C)oc2ccccc12. The molecule has 0 aliphatic heterocycles. The molecule has 0 aliphatic rings. The Kier molecular flexibility index (Phi) is 2.01. The molecule has 0 N–H and O–H groups in total. The molecule has 0 saturated heterocycles. The number of rotatable bonds is 1. The van der Waals surface area contributed by atoms with Gasteiger partial charge in [-0.2, -0.15) is 0 Å². The van der Waals surface area contributed by atoms with E-state index in [1.165, 1.54) is 0 Å². The normalized spacial score (nSPS) is 12.9. The summed E-state index contributed by atoms with van der Waals surface area (Å²) in [5, 5.41) is 2.17. The van der Waals surface area contributed by atoms with Gasteiger partial charge in [0, 0.05) is 10.6 Å². The van der Waals surface area contributed by atoms with Gasteiger partial charge in [-0.25, -0.2) is 0 Å². The second-order valence-corrected chi connectivity index (χ2v) is 3.28. The van der Waals surface area contributed by atoms with E-state index in [-0.39, 0.29) is 0 Å². The molecule has 2 aromatic rings. The molecule has 0 amide bonds. The maximum atomic E-state index is 5.54. The standard InChI is InChI=1S/C13H12O/c1-4-9(2)13-10(3)14-12-8-6-5-7-11(12)13/h4-8H,1,3H2,2H3/b13-9+. The molecule has 1 aromatic carbocycles. The van der Waals surface area contributed by atoms with E-state index < -0.39 is 0 Å². The predicted molar refractivity (Wildman–Crippen MR) is 60.3 cm³/mol. The fraction of sp³-hybridized carbons (Fsp3) is 0.0769. The van der Waals surface area contributed by atoms with Gasteiger partial charge in [0.05, 0.1) is 0 Å². The van der Waals surface area contributed by atoms with Crippen molar-refractivity contribution in [2.24, 2.45) is 0 Å². The fourth-order valence-corrected chi connectivity index (χ4v) is 1.63. The molecule has 14 heavy (non-hydrogen) atoms. The number of para-hydroxylation sites is 1. The highest BCUT2D eigenvalue weighted by atomic mass is 16.3. The van der Waals surface area contributed by atoms with Gasteiger partial charge in [0.2, 0.25) is 0 Å². The Morgan fingerprint density at radius 1 is 1.36 bits per heavy atom. The lowest BCUT2D eigenvalue weighted by Crippen LogP contribution is -2.20. The second-order valence-electron chi connectivity index (χ2n) is 3.28. The van der Waals surface area contributed by atoms with E-state index in [1.807, 2.05) is 37.3 Å². The first kappa shape index (κ1) is 8.82. The first-order chi connectivity index (χ1) is 6.74. The number of hydrogen-bond donors (Lipinski definition) is 0. The van der Waals surface area contributed by atoms with Crippen molar-refractivity contribution in [3.8, 4) is 0 Å². The number of furan rings is 1. The van der Waals surface area contributed by atoms with Crippen LogP contribution in [0.25, 0.3) is 23.1 Å². The van der Waals surface area contributed by atoms with Gasteiger partial charge < -0.3 is 4.42 Å². The van der Waals surface area contributed by atoms with Gasteiger partial charge in [-0.15, -0.1) is 0 Å². The lowest BCUT2D eigenvalue weighted by molar-refractivity contribution is 0.577. The van der Waals surface area contributed by atoms with E-state index in [1.54, 1.807) is 0 Å². The van der Waals surface area contributed by atoms with E-state index in [9.17, 15) is 0 Å². The summed E-state index contributed by atoms with van der Waals surface area (Å²) in [6.45, 7) is 9.66. The van der Waals surface area contributed by atoms with E-state index >= 15 is 0 Å². The van der Waals surface area contributed by atoms with Crippen molar-refractivity contribution in [1.82, 2.24) is 0 Å². The van der Waals surface area contributed by atoms with Crippen molar-refractivity contribution < 1.29 is 4.42 Å². The highest BCUT2D eigenvalue weighted by molar-refractivity contribution is 5.81. The summed E-state index contributed by atoms with van der Waals surface area (Å²) in [7, 11) is 0. The Morgan fingerprint density at radius 3 is 2.79 bits per heavy atom. The molecule has 1 heteroatoms. The molecule has 70 valence electrons. The third-order valence-electron chi connectivity index (χ3n) is 2.37. The van der Waals surface area contributed by atoms with Crippen molar-refractivity contribution in [1.29, 1.82) is 0 Å². The van der Waals surface area contributed by atoms with Gasteiger partial charge in [0.25, 0.3) is 0 Å². The van der Waals surface area contributed by atoms with E-state index in [2.05, 4.69) is 13.2 Å². The number of allylic oxidation sites excluding steroid dienone is 1. The molecular weight excluding hydrogens is 172 g/mol. The van der Waals surface area contributed by atoms with Crippen LogP contribution < -0.4 is 10.6 Å². The third-order valence-corrected chi connectivity index (χ3v) is 2.37. The smallest absolute Gasteiger partial charge is 0.135 e. The van der Waals surface area contributed by atoms with Gasteiger partial charge in [-0.1, -0.05) is 37.4 Å². The molecular formula is C13H12O. The van der Waals surface area contributed by atoms with Crippen molar-refractivity contribution >= 4 is 23.1 Å². The van der Waals surface area contributed by atoms with Crippen LogP contribution in [0.15, 0.2) is 41.3 Å². The quantitative estimate of drug-likeness (QED) is 0.662. The molecule has 0 bridgehead atoms. The average Bonchev–Trinajstić information content (AvgIpc) is 2.53. The van der Waals surface area contributed by atoms with Crippen molar-refractivity contribution in [2.75, 3.05) is 0 Å². The summed E-state index contributed by atoms with van der Waals surface area (Å²) in [5.41, 5.74) is 2.69. The van der Waals surface area contributed by atoms with Crippen molar-refractivity contribution in [3.63, 3.8) is 0 Å². The van der Waals surface area contributed by atoms with Crippen LogP contribution >= 0.6 is 0 Å². The molecule has 1 heterocycles. The molecule has 0 atom stereocenters. The first-order valence-corrected chi connectivity index (χ1v) is 4.54. The minimum Gasteiger partial charge on any atom is -0.457 e. The van der Waals surface area contributed by atoms with Gasteiger partial charge >= 0.3 is 0 Å². The highest BCUT2D eigenvalue weighted by Crippen LogP contribution is 2.07. The van der Waals surface area contributed by atoms with Gasteiger partial charge in [0.15, 0.2) is 0 Å². The number of benzene rings is 1. The Morgan fingerprint density at radius 2 is 2.07 bits per heavy atom. The predicted octanol–water partition coefficient (Wildman–Crippen LogP) is 2.20. The zero-order valence-corrected chi connectivity index (χ0v) is 8.21. The fourth-order valence-electron chi connectivity index (χ4n) is 1.63. The summed E-state index contributed by atoms with van der Waals surface area (Å²) in [6.07, 6.45) is 1.83. The molecule has 1 aromatic heterocycles. The van der Waals surface area contributed by atoms with Crippen LogP contribution in [0.5, 0.6) is 0 Å². The summed E-state index contributed by atoms with van der Waals surface area (Å²) < 4.78 is 5.54. The van der Waals surface area contributed by atoms with Crippen LogP contribution in [-0.2, 0) is 0 Å². The molecule has 0 radical (unpaired) electrons.